The Morgan fingerprint density at radius 1 is 1.00 bits per heavy atom. The van der Waals surface area contributed by atoms with Crippen molar-refractivity contribution in [2.45, 2.75) is 57.2 Å². The SMILES string of the molecule is CC[C@]1(C)C[C@@]2(CCC[NH+](CC(O)(c3ccccc3)c3ccccc3)C2)CCO1. The molecule has 0 bridgehead atoms. The molecule has 2 aliphatic rings. The van der Waals surface area contributed by atoms with Gasteiger partial charge in [0, 0.05) is 12.0 Å². The van der Waals surface area contributed by atoms with Crippen LogP contribution in [0.3, 0.4) is 0 Å². The van der Waals surface area contributed by atoms with Gasteiger partial charge in [0.15, 0.2) is 5.60 Å². The molecule has 2 aliphatic heterocycles. The van der Waals surface area contributed by atoms with E-state index < -0.39 is 5.60 Å². The maximum absolute atomic E-state index is 12.0. The third-order valence-corrected chi connectivity index (χ3v) is 7.45. The molecule has 4 rings (SSSR count). The molecule has 2 saturated heterocycles. The molecule has 3 nitrogen and oxygen atoms in total. The van der Waals surface area contributed by atoms with Crippen molar-refractivity contribution >= 4 is 0 Å². The molecular weight excluding hydrogens is 358 g/mol. The number of hydrogen-bond donors (Lipinski definition) is 2. The smallest absolute Gasteiger partial charge is 0.163 e. The zero-order chi connectivity index (χ0) is 20.4. The summed E-state index contributed by atoms with van der Waals surface area (Å²) < 4.78 is 6.16. The number of ether oxygens (including phenoxy) is 1. The predicted molar refractivity (Wildman–Crippen MR) is 117 cm³/mol. The first-order chi connectivity index (χ1) is 14.0. The average molecular weight is 395 g/mol. The van der Waals surface area contributed by atoms with Crippen molar-refractivity contribution in [1.29, 1.82) is 0 Å². The molecule has 1 spiro atoms. The lowest BCUT2D eigenvalue weighted by molar-refractivity contribution is -0.919. The first kappa shape index (κ1) is 20.6. The summed E-state index contributed by atoms with van der Waals surface area (Å²) in [6.45, 7) is 8.38. The topological polar surface area (TPSA) is 33.9 Å². The summed E-state index contributed by atoms with van der Waals surface area (Å²) in [6.07, 6.45) is 5.90. The van der Waals surface area contributed by atoms with Crippen LogP contribution < -0.4 is 4.90 Å². The van der Waals surface area contributed by atoms with Gasteiger partial charge in [0.25, 0.3) is 0 Å². The van der Waals surface area contributed by atoms with Crippen LogP contribution in [0.15, 0.2) is 60.7 Å². The minimum Gasteiger partial charge on any atom is -0.375 e. The standard InChI is InChI=1S/C26H35NO2/c1-3-24(2)19-25(16-18-29-24)15-10-17-27(20-25)21-26(28,22-11-6-4-7-12-22)23-13-8-5-9-14-23/h4-9,11-14,28H,3,10,15-21H2,1-2H3/p+1/t24-,25-/m1/s1. The summed E-state index contributed by atoms with van der Waals surface area (Å²) in [5, 5.41) is 12.0. The number of nitrogens with one attached hydrogen (secondary N) is 1. The van der Waals surface area contributed by atoms with Gasteiger partial charge >= 0.3 is 0 Å². The second-order valence-corrected chi connectivity index (χ2v) is 9.63. The lowest BCUT2D eigenvalue weighted by Gasteiger charge is -2.49. The Bertz CT molecular complexity index is 749. The van der Waals surface area contributed by atoms with Crippen molar-refractivity contribution in [2.24, 2.45) is 5.41 Å². The highest BCUT2D eigenvalue weighted by Crippen LogP contribution is 2.43. The molecule has 2 aromatic rings. The number of piperidine rings is 1. The summed E-state index contributed by atoms with van der Waals surface area (Å²) in [4.78, 5) is 1.52. The zero-order valence-corrected chi connectivity index (χ0v) is 18.0. The van der Waals surface area contributed by atoms with E-state index in [1.165, 1.54) is 17.7 Å². The monoisotopic (exact) mass is 394 g/mol. The van der Waals surface area contributed by atoms with Crippen LogP contribution in [0, 0.1) is 5.41 Å². The van der Waals surface area contributed by atoms with Crippen LogP contribution in [0.2, 0.25) is 0 Å². The van der Waals surface area contributed by atoms with Gasteiger partial charge in [0.05, 0.1) is 18.7 Å². The Morgan fingerprint density at radius 3 is 2.21 bits per heavy atom. The highest BCUT2D eigenvalue weighted by molar-refractivity contribution is 5.35. The van der Waals surface area contributed by atoms with Crippen LogP contribution in [0.5, 0.6) is 0 Å². The number of rotatable bonds is 5. The third kappa shape index (κ3) is 4.28. The summed E-state index contributed by atoms with van der Waals surface area (Å²) in [5.74, 6) is 0. The summed E-state index contributed by atoms with van der Waals surface area (Å²) in [7, 11) is 0. The van der Waals surface area contributed by atoms with Gasteiger partial charge < -0.3 is 14.7 Å². The van der Waals surface area contributed by atoms with Crippen molar-refractivity contribution in [1.82, 2.24) is 0 Å². The van der Waals surface area contributed by atoms with Gasteiger partial charge in [-0.2, -0.15) is 0 Å². The van der Waals surface area contributed by atoms with Crippen LogP contribution >= 0.6 is 0 Å². The number of likely N-dealkylation sites (tertiary alicyclic amines) is 1. The van der Waals surface area contributed by atoms with E-state index in [4.69, 9.17) is 4.74 Å². The Balaban J connectivity index is 1.60. The predicted octanol–water partition coefficient (Wildman–Crippen LogP) is 3.57. The molecule has 3 atom stereocenters. The van der Waals surface area contributed by atoms with E-state index >= 15 is 0 Å². The molecule has 2 aromatic carbocycles. The molecule has 29 heavy (non-hydrogen) atoms. The van der Waals surface area contributed by atoms with E-state index in [-0.39, 0.29) is 5.60 Å². The number of hydrogen-bond acceptors (Lipinski definition) is 2. The van der Waals surface area contributed by atoms with E-state index in [9.17, 15) is 5.11 Å². The first-order valence-electron chi connectivity index (χ1n) is 11.3. The fraction of sp³-hybridized carbons (Fsp3) is 0.538. The van der Waals surface area contributed by atoms with E-state index in [1.54, 1.807) is 0 Å². The highest BCUT2D eigenvalue weighted by Gasteiger charge is 2.48. The first-order valence-corrected chi connectivity index (χ1v) is 11.3. The molecule has 0 radical (unpaired) electrons. The van der Waals surface area contributed by atoms with Crippen LogP contribution in [-0.4, -0.2) is 36.9 Å². The zero-order valence-electron chi connectivity index (χ0n) is 18.0. The third-order valence-electron chi connectivity index (χ3n) is 7.45. The van der Waals surface area contributed by atoms with Gasteiger partial charge in [0.2, 0.25) is 0 Å². The van der Waals surface area contributed by atoms with E-state index in [2.05, 4.69) is 38.1 Å². The maximum Gasteiger partial charge on any atom is 0.163 e. The molecule has 0 saturated carbocycles. The molecule has 0 aromatic heterocycles. The van der Waals surface area contributed by atoms with Crippen molar-refractivity contribution in [2.75, 3.05) is 26.2 Å². The van der Waals surface area contributed by atoms with E-state index in [0.29, 0.717) is 12.0 Å². The van der Waals surface area contributed by atoms with Gasteiger partial charge in [-0.05, 0) is 50.2 Å². The van der Waals surface area contributed by atoms with Crippen molar-refractivity contribution in [3.05, 3.63) is 71.8 Å². The molecule has 0 aliphatic carbocycles. The fourth-order valence-corrected chi connectivity index (χ4v) is 5.77. The molecule has 3 heteroatoms. The van der Waals surface area contributed by atoms with Crippen molar-refractivity contribution < 1.29 is 14.7 Å². The lowest BCUT2D eigenvalue weighted by Crippen LogP contribution is -3.16. The van der Waals surface area contributed by atoms with Gasteiger partial charge in [-0.3, -0.25) is 0 Å². The minimum atomic E-state index is -0.963. The molecular formula is C26H36NO2+. The van der Waals surface area contributed by atoms with Crippen molar-refractivity contribution in [3.8, 4) is 0 Å². The Kier molecular flexibility index (Phi) is 5.83. The van der Waals surface area contributed by atoms with Gasteiger partial charge in [-0.1, -0.05) is 67.6 Å². The van der Waals surface area contributed by atoms with Crippen LogP contribution in [0.1, 0.15) is 57.1 Å². The summed E-state index contributed by atoms with van der Waals surface area (Å²) in [6, 6.07) is 20.4. The number of quaternary nitrogens is 1. The lowest BCUT2D eigenvalue weighted by atomic mass is 9.68. The molecule has 0 amide bonds. The average Bonchev–Trinajstić information content (AvgIpc) is 2.75. The van der Waals surface area contributed by atoms with Crippen LogP contribution in [-0.2, 0) is 10.3 Å². The Hall–Kier alpha value is -1.68. The molecule has 1 unspecified atom stereocenters. The van der Waals surface area contributed by atoms with Gasteiger partial charge in [-0.25, -0.2) is 0 Å². The Labute approximate surface area is 175 Å². The quantitative estimate of drug-likeness (QED) is 0.813. The number of aliphatic hydroxyl groups is 1. The Morgan fingerprint density at radius 2 is 1.62 bits per heavy atom. The second kappa shape index (κ2) is 8.22. The molecule has 2 N–H and O–H groups in total. The fourth-order valence-electron chi connectivity index (χ4n) is 5.77. The minimum absolute atomic E-state index is 0.00979. The van der Waals surface area contributed by atoms with Gasteiger partial charge in [-0.15, -0.1) is 0 Å². The highest BCUT2D eigenvalue weighted by atomic mass is 16.5. The summed E-state index contributed by atoms with van der Waals surface area (Å²) in [5.41, 5.74) is 1.38. The maximum atomic E-state index is 12.0. The summed E-state index contributed by atoms with van der Waals surface area (Å²) >= 11 is 0. The molecule has 2 heterocycles. The van der Waals surface area contributed by atoms with E-state index in [1.807, 2.05) is 36.4 Å². The van der Waals surface area contributed by atoms with E-state index in [0.717, 1.165) is 50.1 Å². The van der Waals surface area contributed by atoms with Crippen LogP contribution in [0.25, 0.3) is 0 Å². The molecule has 156 valence electrons. The van der Waals surface area contributed by atoms with Crippen molar-refractivity contribution in [3.63, 3.8) is 0 Å². The number of benzene rings is 2. The normalized spacial score (nSPS) is 30.4. The van der Waals surface area contributed by atoms with Gasteiger partial charge in [0.1, 0.15) is 6.54 Å². The second-order valence-electron chi connectivity index (χ2n) is 9.63. The van der Waals surface area contributed by atoms with Crippen LogP contribution in [0.4, 0.5) is 0 Å². The largest absolute Gasteiger partial charge is 0.375 e. The molecule has 2 fully saturated rings.